The molecule has 0 aliphatic carbocycles. The maximum Gasteiger partial charge on any atom is 0.368 e. The van der Waals surface area contributed by atoms with E-state index in [0.717, 1.165) is 0 Å². The first-order chi connectivity index (χ1) is 4.64. The number of nitrogens with zero attached hydrogens (tertiary/aromatic N) is 1. The predicted octanol–water partition coefficient (Wildman–Crippen LogP) is 0.931. The Kier molecular flexibility index (Phi) is 2.21. The van der Waals surface area contributed by atoms with Crippen LogP contribution in [0.4, 0.5) is 8.78 Å². The quantitative estimate of drug-likeness (QED) is 0.552. The van der Waals surface area contributed by atoms with Gasteiger partial charge in [-0.3, -0.25) is 4.90 Å². The number of rotatable bonds is 1. The molecule has 0 radical (unpaired) electrons. The first-order valence-electron chi connectivity index (χ1n) is 3.38. The van der Waals surface area contributed by atoms with Gasteiger partial charge in [-0.1, -0.05) is 6.92 Å². The van der Waals surface area contributed by atoms with Crippen LogP contribution in [0, 0.1) is 0 Å². The van der Waals surface area contributed by atoms with Crippen LogP contribution < -0.4 is 0 Å². The molecule has 0 bridgehead atoms. The lowest BCUT2D eigenvalue weighted by Gasteiger charge is -2.31. The van der Waals surface area contributed by atoms with Gasteiger partial charge < -0.3 is 4.74 Å². The van der Waals surface area contributed by atoms with Gasteiger partial charge >= 0.3 is 6.11 Å². The molecule has 1 aliphatic rings. The van der Waals surface area contributed by atoms with Crippen molar-refractivity contribution in [3.63, 3.8) is 0 Å². The topological polar surface area (TPSA) is 12.5 Å². The predicted molar refractivity (Wildman–Crippen MR) is 33.0 cm³/mol. The van der Waals surface area contributed by atoms with E-state index in [9.17, 15) is 8.78 Å². The van der Waals surface area contributed by atoms with E-state index >= 15 is 0 Å². The highest BCUT2D eigenvalue weighted by Crippen LogP contribution is 2.20. The van der Waals surface area contributed by atoms with Crippen molar-refractivity contribution in [1.29, 1.82) is 0 Å². The molecule has 1 saturated heterocycles. The third-order valence-corrected chi connectivity index (χ3v) is 1.58. The SMILES string of the molecule is CCN1CCOC(F)(F)C1. The smallest absolute Gasteiger partial charge is 0.318 e. The molecule has 0 aromatic rings. The van der Waals surface area contributed by atoms with Crippen molar-refractivity contribution in [3.8, 4) is 0 Å². The molecule has 1 fully saturated rings. The molecule has 0 aromatic heterocycles. The summed E-state index contributed by atoms with van der Waals surface area (Å²) in [7, 11) is 0. The summed E-state index contributed by atoms with van der Waals surface area (Å²) in [6.45, 7) is 3.02. The molecule has 1 aliphatic heterocycles. The normalized spacial score (nSPS) is 26.7. The van der Waals surface area contributed by atoms with Crippen LogP contribution in [0.3, 0.4) is 0 Å². The molecule has 0 N–H and O–H groups in total. The minimum absolute atomic E-state index is 0.140. The molecule has 10 heavy (non-hydrogen) atoms. The Labute approximate surface area is 58.8 Å². The number of hydrogen-bond acceptors (Lipinski definition) is 2. The first kappa shape index (κ1) is 7.88. The third kappa shape index (κ3) is 1.88. The summed E-state index contributed by atoms with van der Waals surface area (Å²) >= 11 is 0. The monoisotopic (exact) mass is 151 g/mol. The molecule has 2 nitrogen and oxygen atoms in total. The summed E-state index contributed by atoms with van der Waals surface area (Å²) in [4.78, 5) is 1.67. The van der Waals surface area contributed by atoms with Crippen molar-refractivity contribution in [3.05, 3.63) is 0 Å². The van der Waals surface area contributed by atoms with Gasteiger partial charge in [0.15, 0.2) is 0 Å². The fourth-order valence-electron chi connectivity index (χ4n) is 0.979. The number of hydrogen-bond donors (Lipinski definition) is 0. The minimum Gasteiger partial charge on any atom is -0.318 e. The van der Waals surface area contributed by atoms with Crippen molar-refractivity contribution in [2.24, 2.45) is 0 Å². The van der Waals surface area contributed by atoms with Crippen LogP contribution in [0.15, 0.2) is 0 Å². The van der Waals surface area contributed by atoms with E-state index in [0.29, 0.717) is 13.1 Å². The highest BCUT2D eigenvalue weighted by molar-refractivity contribution is 4.67. The molecule has 1 heterocycles. The first-order valence-corrected chi connectivity index (χ1v) is 3.38. The van der Waals surface area contributed by atoms with Crippen molar-refractivity contribution in [1.82, 2.24) is 4.90 Å². The van der Waals surface area contributed by atoms with Crippen LogP contribution in [0.25, 0.3) is 0 Å². The lowest BCUT2D eigenvalue weighted by atomic mass is 10.4. The highest BCUT2D eigenvalue weighted by Gasteiger charge is 2.35. The Morgan fingerprint density at radius 3 is 2.70 bits per heavy atom. The summed E-state index contributed by atoms with van der Waals surface area (Å²) in [6.07, 6.45) is -2.92. The molecule has 4 heteroatoms. The third-order valence-electron chi connectivity index (χ3n) is 1.58. The molecular weight excluding hydrogens is 140 g/mol. The van der Waals surface area contributed by atoms with Gasteiger partial charge in [-0.25, -0.2) is 0 Å². The van der Waals surface area contributed by atoms with Crippen LogP contribution in [-0.4, -0.2) is 37.2 Å². The molecule has 1 rings (SSSR count). The highest BCUT2D eigenvalue weighted by atomic mass is 19.3. The fraction of sp³-hybridized carbons (Fsp3) is 1.00. The molecule has 0 aromatic carbocycles. The Bertz CT molecular complexity index is 118. The molecular formula is C6H11F2NO. The van der Waals surface area contributed by atoms with Gasteiger partial charge in [-0.2, -0.15) is 8.78 Å². The number of ether oxygens (including phenoxy) is 1. The van der Waals surface area contributed by atoms with Gasteiger partial charge in [0, 0.05) is 6.54 Å². The zero-order valence-corrected chi connectivity index (χ0v) is 5.94. The molecule has 60 valence electrons. The summed E-state index contributed by atoms with van der Waals surface area (Å²) in [6, 6.07) is 0. The van der Waals surface area contributed by atoms with Crippen LogP contribution in [-0.2, 0) is 4.74 Å². The summed E-state index contributed by atoms with van der Waals surface area (Å²) in [5.74, 6) is 0. The van der Waals surface area contributed by atoms with Gasteiger partial charge in [-0.15, -0.1) is 0 Å². The van der Waals surface area contributed by atoms with E-state index < -0.39 is 6.11 Å². The van der Waals surface area contributed by atoms with Crippen LogP contribution in [0.5, 0.6) is 0 Å². The standard InChI is InChI=1S/C6H11F2NO/c1-2-9-3-4-10-6(7,8)5-9/h2-5H2,1H3. The van der Waals surface area contributed by atoms with E-state index in [1.54, 1.807) is 4.90 Å². The largest absolute Gasteiger partial charge is 0.368 e. The Morgan fingerprint density at radius 1 is 1.60 bits per heavy atom. The minimum atomic E-state index is -2.92. The van der Waals surface area contributed by atoms with Gasteiger partial charge in [0.1, 0.15) is 0 Å². The lowest BCUT2D eigenvalue weighted by molar-refractivity contribution is -0.269. The van der Waals surface area contributed by atoms with E-state index in [-0.39, 0.29) is 13.2 Å². The lowest BCUT2D eigenvalue weighted by Crippen LogP contribution is -2.46. The van der Waals surface area contributed by atoms with Gasteiger partial charge in [0.25, 0.3) is 0 Å². The maximum atomic E-state index is 12.4. The van der Waals surface area contributed by atoms with Crippen LogP contribution in [0.2, 0.25) is 0 Å². The van der Waals surface area contributed by atoms with Crippen molar-refractivity contribution >= 4 is 0 Å². The van der Waals surface area contributed by atoms with E-state index in [4.69, 9.17) is 0 Å². The molecule has 0 atom stereocenters. The second kappa shape index (κ2) is 2.80. The second-order valence-electron chi connectivity index (χ2n) is 2.35. The van der Waals surface area contributed by atoms with E-state index in [2.05, 4.69) is 4.74 Å². The Balaban J connectivity index is 2.40. The number of alkyl halides is 2. The Morgan fingerprint density at radius 2 is 2.30 bits per heavy atom. The number of likely N-dealkylation sites (N-methyl/N-ethyl adjacent to an activating group) is 1. The molecule has 0 spiro atoms. The van der Waals surface area contributed by atoms with E-state index in [1.165, 1.54) is 0 Å². The van der Waals surface area contributed by atoms with Crippen molar-refractivity contribution < 1.29 is 13.5 Å². The average molecular weight is 151 g/mol. The molecule has 0 saturated carbocycles. The summed E-state index contributed by atoms with van der Waals surface area (Å²) in [5, 5.41) is 0. The van der Waals surface area contributed by atoms with Gasteiger partial charge in [-0.05, 0) is 6.54 Å². The molecule has 0 unspecified atom stereocenters. The van der Waals surface area contributed by atoms with Gasteiger partial charge in [0.05, 0.1) is 13.2 Å². The van der Waals surface area contributed by atoms with Crippen LogP contribution >= 0.6 is 0 Å². The summed E-state index contributed by atoms with van der Waals surface area (Å²) in [5.41, 5.74) is 0. The van der Waals surface area contributed by atoms with E-state index in [1.807, 2.05) is 6.92 Å². The zero-order valence-electron chi connectivity index (χ0n) is 5.94. The van der Waals surface area contributed by atoms with Gasteiger partial charge in [0.2, 0.25) is 0 Å². The van der Waals surface area contributed by atoms with Crippen LogP contribution in [0.1, 0.15) is 6.92 Å². The molecule has 0 amide bonds. The number of halogens is 2. The second-order valence-corrected chi connectivity index (χ2v) is 2.35. The summed E-state index contributed by atoms with van der Waals surface area (Å²) < 4.78 is 29.0. The zero-order chi connectivity index (χ0) is 7.61. The fourth-order valence-corrected chi connectivity index (χ4v) is 0.979. The number of morpholine rings is 1. The average Bonchev–Trinajstić information content (AvgIpc) is 1.86. The maximum absolute atomic E-state index is 12.4. The van der Waals surface area contributed by atoms with Crippen molar-refractivity contribution in [2.75, 3.05) is 26.2 Å². The Hall–Kier alpha value is -0.220. The van der Waals surface area contributed by atoms with Crippen molar-refractivity contribution in [2.45, 2.75) is 13.0 Å².